The average Bonchev–Trinajstić information content (AvgIpc) is 2.77. The Balaban J connectivity index is 2.39. The van der Waals surface area contributed by atoms with Crippen LogP contribution in [0.15, 0.2) is 29.2 Å². The van der Waals surface area contributed by atoms with Gasteiger partial charge in [-0.25, -0.2) is 12.8 Å². The molecule has 91 valence electrons. The van der Waals surface area contributed by atoms with Crippen molar-refractivity contribution in [1.82, 2.24) is 4.31 Å². The van der Waals surface area contributed by atoms with Crippen LogP contribution in [0.3, 0.4) is 0 Å². The molecule has 1 aliphatic rings. The monoisotopic (exact) mass is 274 g/mol. The Kier molecular flexibility index (Phi) is 3.50. The SMILES string of the molecule is O=C[C@@H]1S[CH]CN1S(=O)(=O)c1cccc(F)c1. The Bertz CT molecular complexity index is 532. The number of aldehydes is 1. The largest absolute Gasteiger partial charge is 0.301 e. The molecule has 0 N–H and O–H groups in total. The number of rotatable bonds is 3. The molecule has 0 aliphatic carbocycles. The highest BCUT2D eigenvalue weighted by Gasteiger charge is 2.35. The topological polar surface area (TPSA) is 54.5 Å². The van der Waals surface area contributed by atoms with Gasteiger partial charge < -0.3 is 4.79 Å². The molecule has 2 rings (SSSR count). The average molecular weight is 274 g/mol. The summed E-state index contributed by atoms with van der Waals surface area (Å²) in [6, 6.07) is 4.75. The first kappa shape index (κ1) is 12.5. The van der Waals surface area contributed by atoms with Crippen LogP contribution in [-0.4, -0.2) is 30.9 Å². The Morgan fingerprint density at radius 1 is 1.47 bits per heavy atom. The van der Waals surface area contributed by atoms with Crippen molar-refractivity contribution in [3.63, 3.8) is 0 Å². The van der Waals surface area contributed by atoms with Crippen molar-refractivity contribution >= 4 is 28.1 Å². The number of carbonyl (C=O) groups is 1. The highest BCUT2D eigenvalue weighted by atomic mass is 32.2. The number of benzene rings is 1. The minimum Gasteiger partial charge on any atom is -0.301 e. The number of hydrogen-bond donors (Lipinski definition) is 0. The van der Waals surface area contributed by atoms with E-state index in [9.17, 15) is 17.6 Å². The molecule has 4 nitrogen and oxygen atoms in total. The van der Waals surface area contributed by atoms with E-state index in [0.29, 0.717) is 6.29 Å². The second-order valence-electron chi connectivity index (χ2n) is 3.36. The van der Waals surface area contributed by atoms with E-state index in [-0.39, 0.29) is 11.4 Å². The quantitative estimate of drug-likeness (QED) is 0.778. The van der Waals surface area contributed by atoms with Crippen molar-refractivity contribution in [1.29, 1.82) is 0 Å². The van der Waals surface area contributed by atoms with Gasteiger partial charge in [-0.05, 0) is 18.2 Å². The first-order chi connectivity index (χ1) is 8.05. The molecule has 0 saturated carbocycles. The van der Waals surface area contributed by atoms with Crippen LogP contribution >= 0.6 is 11.8 Å². The van der Waals surface area contributed by atoms with Crippen molar-refractivity contribution in [3.8, 4) is 0 Å². The summed E-state index contributed by atoms with van der Waals surface area (Å²) in [5.74, 6) is 1.01. The van der Waals surface area contributed by atoms with E-state index < -0.39 is 21.2 Å². The fourth-order valence-corrected chi connectivity index (χ4v) is 4.17. The minimum absolute atomic E-state index is 0.139. The summed E-state index contributed by atoms with van der Waals surface area (Å²) in [6.45, 7) is 0.146. The molecule has 7 heteroatoms. The van der Waals surface area contributed by atoms with Gasteiger partial charge in [0.25, 0.3) is 0 Å². The molecule has 1 fully saturated rings. The zero-order valence-corrected chi connectivity index (χ0v) is 10.2. The normalized spacial score (nSPS) is 21.6. The van der Waals surface area contributed by atoms with Crippen molar-refractivity contribution < 1.29 is 17.6 Å². The lowest BCUT2D eigenvalue weighted by atomic mass is 10.4. The number of thioether (sulfide) groups is 1. The van der Waals surface area contributed by atoms with Crippen LogP contribution in [0.2, 0.25) is 0 Å². The van der Waals surface area contributed by atoms with E-state index in [1.165, 1.54) is 18.2 Å². The summed E-state index contributed by atoms with van der Waals surface area (Å²) < 4.78 is 38.3. The van der Waals surface area contributed by atoms with Crippen LogP contribution in [0.4, 0.5) is 4.39 Å². The number of hydrogen-bond acceptors (Lipinski definition) is 4. The molecule has 0 unspecified atom stereocenters. The number of nitrogens with zero attached hydrogens (tertiary/aromatic N) is 1. The van der Waals surface area contributed by atoms with Gasteiger partial charge in [-0.1, -0.05) is 6.07 Å². The van der Waals surface area contributed by atoms with Crippen LogP contribution < -0.4 is 0 Å². The molecule has 1 radical (unpaired) electrons. The lowest BCUT2D eigenvalue weighted by Gasteiger charge is -2.18. The third-order valence-electron chi connectivity index (χ3n) is 2.29. The molecule has 0 amide bonds. The molecular weight excluding hydrogens is 265 g/mol. The predicted molar refractivity (Wildman–Crippen MR) is 62.0 cm³/mol. The zero-order chi connectivity index (χ0) is 12.5. The summed E-state index contributed by atoms with van der Waals surface area (Å²) in [5, 5.41) is -0.761. The highest BCUT2D eigenvalue weighted by molar-refractivity contribution is 8.03. The molecular formula is C10H9FNO3S2. The molecule has 0 spiro atoms. The second kappa shape index (κ2) is 4.75. The third kappa shape index (κ3) is 2.36. The van der Waals surface area contributed by atoms with E-state index in [2.05, 4.69) is 0 Å². The van der Waals surface area contributed by atoms with Crippen molar-refractivity contribution in [2.45, 2.75) is 10.3 Å². The number of halogens is 1. The summed E-state index contributed by atoms with van der Waals surface area (Å²) in [7, 11) is -3.81. The smallest absolute Gasteiger partial charge is 0.244 e. The first-order valence-electron chi connectivity index (χ1n) is 4.75. The Labute approximate surface area is 103 Å². The lowest BCUT2D eigenvalue weighted by molar-refractivity contribution is -0.108. The van der Waals surface area contributed by atoms with Crippen LogP contribution in [0, 0.1) is 11.6 Å². The molecule has 0 bridgehead atoms. The molecule has 17 heavy (non-hydrogen) atoms. The van der Waals surface area contributed by atoms with Gasteiger partial charge in [0, 0.05) is 12.3 Å². The van der Waals surface area contributed by atoms with E-state index in [4.69, 9.17) is 0 Å². The fraction of sp³-hybridized carbons (Fsp3) is 0.200. The molecule has 1 saturated heterocycles. The van der Waals surface area contributed by atoms with Gasteiger partial charge in [0.1, 0.15) is 17.5 Å². The van der Waals surface area contributed by atoms with Gasteiger partial charge in [0.15, 0.2) is 0 Å². The highest BCUT2D eigenvalue weighted by Crippen LogP contribution is 2.31. The van der Waals surface area contributed by atoms with Gasteiger partial charge in [-0.15, -0.1) is 11.8 Å². The van der Waals surface area contributed by atoms with Gasteiger partial charge in [-0.2, -0.15) is 4.31 Å². The van der Waals surface area contributed by atoms with Gasteiger partial charge in [0.05, 0.1) is 4.90 Å². The molecule has 1 aromatic carbocycles. The standard InChI is InChI=1S/C10H9FNO3S2/c11-8-2-1-3-9(6-8)17(14,15)12-4-5-16-10(12)7-13/h1-3,5-7,10H,4H2/t10-/m0/s1. The lowest BCUT2D eigenvalue weighted by Crippen LogP contribution is -2.35. The van der Waals surface area contributed by atoms with Gasteiger partial charge in [0.2, 0.25) is 10.0 Å². The Morgan fingerprint density at radius 2 is 2.24 bits per heavy atom. The second-order valence-corrected chi connectivity index (χ2v) is 6.34. The fourth-order valence-electron chi connectivity index (χ4n) is 1.48. The number of carbonyl (C=O) groups excluding carboxylic acids is 1. The summed E-state index contributed by atoms with van der Waals surface area (Å²) >= 11 is 1.14. The Hall–Kier alpha value is -0.920. The predicted octanol–water partition coefficient (Wildman–Crippen LogP) is 1.25. The third-order valence-corrected chi connectivity index (χ3v) is 5.26. The van der Waals surface area contributed by atoms with E-state index in [1.54, 1.807) is 5.75 Å². The van der Waals surface area contributed by atoms with Gasteiger partial charge in [-0.3, -0.25) is 0 Å². The van der Waals surface area contributed by atoms with Crippen LogP contribution in [0.25, 0.3) is 0 Å². The first-order valence-corrected chi connectivity index (χ1v) is 7.14. The van der Waals surface area contributed by atoms with Crippen LogP contribution in [-0.2, 0) is 14.8 Å². The van der Waals surface area contributed by atoms with Crippen molar-refractivity contribution in [2.24, 2.45) is 0 Å². The summed E-state index contributed by atoms with van der Waals surface area (Å²) in [6.07, 6.45) is 0.561. The summed E-state index contributed by atoms with van der Waals surface area (Å²) in [5.41, 5.74) is 0. The maximum absolute atomic E-state index is 13.0. The van der Waals surface area contributed by atoms with Crippen molar-refractivity contribution in [3.05, 3.63) is 35.8 Å². The molecule has 1 atom stereocenters. The van der Waals surface area contributed by atoms with E-state index in [0.717, 1.165) is 22.1 Å². The molecule has 1 aliphatic heterocycles. The zero-order valence-electron chi connectivity index (χ0n) is 8.61. The minimum atomic E-state index is -3.81. The molecule has 1 heterocycles. The van der Waals surface area contributed by atoms with Gasteiger partial charge >= 0.3 is 0 Å². The maximum atomic E-state index is 13.0. The van der Waals surface area contributed by atoms with Crippen LogP contribution in [0.1, 0.15) is 0 Å². The Morgan fingerprint density at radius 3 is 2.88 bits per heavy atom. The molecule has 1 aromatic rings. The van der Waals surface area contributed by atoms with E-state index >= 15 is 0 Å². The van der Waals surface area contributed by atoms with Crippen molar-refractivity contribution in [2.75, 3.05) is 6.54 Å². The summed E-state index contributed by atoms with van der Waals surface area (Å²) in [4.78, 5) is 10.6. The maximum Gasteiger partial charge on any atom is 0.244 e. The van der Waals surface area contributed by atoms with E-state index in [1.807, 2.05) is 0 Å². The van der Waals surface area contributed by atoms with Crippen LogP contribution in [0.5, 0.6) is 0 Å². The number of sulfonamides is 1. The molecule has 0 aromatic heterocycles.